The third-order valence-corrected chi connectivity index (χ3v) is 2.92. The number of amides is 1. The lowest BCUT2D eigenvalue weighted by atomic mass is 9.68. The van der Waals surface area contributed by atoms with E-state index in [4.69, 9.17) is 0 Å². The number of carbonyl (C=O) groups excluding carboxylic acids is 2. The number of rotatable bonds is 2. The Morgan fingerprint density at radius 1 is 1.56 bits per heavy atom. The van der Waals surface area contributed by atoms with Crippen LogP contribution in [0, 0.1) is 11.3 Å². The monoisotopic (exact) mass is 217 g/mol. The average molecular weight is 217 g/mol. The summed E-state index contributed by atoms with van der Waals surface area (Å²) in [5, 5.41) is 0. The van der Waals surface area contributed by atoms with Gasteiger partial charge in [0.25, 0.3) is 5.91 Å². The second-order valence-electron chi connectivity index (χ2n) is 4.49. The Morgan fingerprint density at radius 3 is 2.69 bits per heavy atom. The van der Waals surface area contributed by atoms with Crippen molar-refractivity contribution in [3.8, 4) is 0 Å². The fourth-order valence-electron chi connectivity index (χ4n) is 2.08. The van der Waals surface area contributed by atoms with Gasteiger partial charge in [-0.05, 0) is 12.5 Å². The minimum Gasteiger partial charge on any atom is -0.271 e. The summed E-state index contributed by atoms with van der Waals surface area (Å²) in [7, 11) is 0. The topological polar surface area (TPSA) is 46.5 Å². The minimum absolute atomic E-state index is 0.391. The van der Waals surface area contributed by atoms with E-state index >= 15 is 0 Å². The second kappa shape index (κ2) is 4.42. The lowest BCUT2D eigenvalue weighted by Gasteiger charge is -2.35. The van der Waals surface area contributed by atoms with Crippen LogP contribution in [0.15, 0.2) is 40.9 Å². The van der Waals surface area contributed by atoms with Crippen LogP contribution in [0.5, 0.6) is 0 Å². The van der Waals surface area contributed by atoms with E-state index in [2.05, 4.69) is 11.6 Å². The molecule has 0 aromatic rings. The van der Waals surface area contributed by atoms with E-state index in [9.17, 15) is 9.59 Å². The van der Waals surface area contributed by atoms with E-state index in [0.29, 0.717) is 0 Å². The van der Waals surface area contributed by atoms with E-state index in [1.54, 1.807) is 12.2 Å². The van der Waals surface area contributed by atoms with Gasteiger partial charge in [-0.15, -0.1) is 4.99 Å². The number of aliphatic imine (C=N–C) groups is 1. The van der Waals surface area contributed by atoms with Crippen LogP contribution in [0.1, 0.15) is 20.8 Å². The molecule has 16 heavy (non-hydrogen) atoms. The number of hydrogen-bond donors (Lipinski definition) is 0. The molecule has 1 atom stereocenters. The number of nitrogens with zero attached hydrogens (tertiary/aromatic N) is 1. The maximum Gasteiger partial charge on any atom is 0.264 e. The Balaban J connectivity index is 3.14. The standard InChI is InChI=1S/C13H15NO2/c1-9(2)10-6-5-7-11(13(10,3)4)12(16)14-8-15/h5-7,11H,1H2,2-4H3. The van der Waals surface area contributed by atoms with Crippen LogP contribution in [0.3, 0.4) is 0 Å². The number of allylic oxidation sites excluding steroid dienone is 4. The van der Waals surface area contributed by atoms with Crippen LogP contribution in [0.4, 0.5) is 0 Å². The zero-order valence-electron chi connectivity index (χ0n) is 9.78. The molecule has 0 fully saturated rings. The predicted octanol–water partition coefficient (Wildman–Crippen LogP) is 2.56. The van der Waals surface area contributed by atoms with Gasteiger partial charge in [-0.25, -0.2) is 4.79 Å². The smallest absolute Gasteiger partial charge is 0.264 e. The van der Waals surface area contributed by atoms with Gasteiger partial charge in [0.2, 0.25) is 6.08 Å². The quantitative estimate of drug-likeness (QED) is 0.527. The maximum absolute atomic E-state index is 11.6. The van der Waals surface area contributed by atoms with Gasteiger partial charge in [-0.3, -0.25) is 4.79 Å². The highest BCUT2D eigenvalue weighted by atomic mass is 16.2. The Morgan fingerprint density at radius 2 is 2.19 bits per heavy atom. The molecule has 0 saturated heterocycles. The maximum atomic E-state index is 11.6. The van der Waals surface area contributed by atoms with Gasteiger partial charge in [0.05, 0.1) is 5.92 Å². The first-order valence-corrected chi connectivity index (χ1v) is 5.08. The van der Waals surface area contributed by atoms with Gasteiger partial charge < -0.3 is 0 Å². The Bertz CT molecular complexity index is 435. The largest absolute Gasteiger partial charge is 0.271 e. The minimum atomic E-state index is -0.455. The molecule has 1 aliphatic carbocycles. The third kappa shape index (κ3) is 2.10. The first kappa shape index (κ1) is 12.3. The Labute approximate surface area is 95.3 Å². The van der Waals surface area contributed by atoms with Crippen molar-refractivity contribution in [2.24, 2.45) is 16.3 Å². The molecule has 0 N–H and O–H groups in total. The molecular formula is C13H15NO2. The van der Waals surface area contributed by atoms with E-state index < -0.39 is 17.2 Å². The van der Waals surface area contributed by atoms with Gasteiger partial charge >= 0.3 is 0 Å². The number of isocyanates is 1. The molecule has 0 aromatic carbocycles. The van der Waals surface area contributed by atoms with Gasteiger partial charge in [-0.1, -0.05) is 44.2 Å². The molecule has 0 aromatic heterocycles. The molecule has 1 unspecified atom stereocenters. The van der Waals surface area contributed by atoms with Crippen molar-refractivity contribution in [3.63, 3.8) is 0 Å². The molecule has 1 amide bonds. The van der Waals surface area contributed by atoms with Crippen LogP contribution < -0.4 is 0 Å². The molecule has 1 rings (SSSR count). The zero-order chi connectivity index (χ0) is 12.3. The molecule has 3 nitrogen and oxygen atoms in total. The van der Waals surface area contributed by atoms with Crippen LogP contribution in [0.2, 0.25) is 0 Å². The highest BCUT2D eigenvalue weighted by molar-refractivity contribution is 5.86. The van der Waals surface area contributed by atoms with Crippen LogP contribution >= 0.6 is 0 Å². The van der Waals surface area contributed by atoms with Crippen molar-refractivity contribution in [1.29, 1.82) is 0 Å². The summed E-state index contributed by atoms with van der Waals surface area (Å²) in [6.45, 7) is 9.68. The van der Waals surface area contributed by atoms with E-state index in [1.165, 1.54) is 6.08 Å². The normalized spacial score (nSPS) is 21.9. The zero-order valence-corrected chi connectivity index (χ0v) is 9.78. The Kier molecular flexibility index (Phi) is 3.41. The van der Waals surface area contributed by atoms with Crippen LogP contribution in [0.25, 0.3) is 0 Å². The van der Waals surface area contributed by atoms with Gasteiger partial charge in [-0.2, -0.15) is 0 Å². The summed E-state index contributed by atoms with van der Waals surface area (Å²) in [5.74, 6) is -0.881. The van der Waals surface area contributed by atoms with Crippen molar-refractivity contribution in [2.45, 2.75) is 20.8 Å². The summed E-state index contributed by atoms with van der Waals surface area (Å²) in [4.78, 5) is 24.9. The summed E-state index contributed by atoms with van der Waals surface area (Å²) in [5.41, 5.74) is 1.54. The fraction of sp³-hybridized carbons (Fsp3) is 0.385. The molecule has 0 spiro atoms. The first-order chi connectivity index (χ1) is 7.41. The molecule has 0 heterocycles. The van der Waals surface area contributed by atoms with Crippen molar-refractivity contribution in [1.82, 2.24) is 0 Å². The average Bonchev–Trinajstić information content (AvgIpc) is 2.16. The molecule has 3 heteroatoms. The second-order valence-corrected chi connectivity index (χ2v) is 4.49. The SMILES string of the molecule is C=C(C)C1=CC=CC(C(=O)N=C=O)C1(C)C. The molecular weight excluding hydrogens is 202 g/mol. The van der Waals surface area contributed by atoms with E-state index in [0.717, 1.165) is 11.1 Å². The molecule has 84 valence electrons. The lowest BCUT2D eigenvalue weighted by Crippen LogP contribution is -2.32. The summed E-state index contributed by atoms with van der Waals surface area (Å²) >= 11 is 0. The van der Waals surface area contributed by atoms with E-state index in [-0.39, 0.29) is 0 Å². The number of carbonyl (C=O) groups is 1. The van der Waals surface area contributed by atoms with Crippen molar-refractivity contribution in [2.75, 3.05) is 0 Å². The fourth-order valence-corrected chi connectivity index (χ4v) is 2.08. The number of hydrogen-bond acceptors (Lipinski definition) is 2. The molecule has 0 saturated carbocycles. The molecule has 0 radical (unpaired) electrons. The summed E-state index contributed by atoms with van der Waals surface area (Å²) in [6.07, 6.45) is 6.80. The summed E-state index contributed by atoms with van der Waals surface area (Å²) < 4.78 is 0. The van der Waals surface area contributed by atoms with Gasteiger partial charge in [0.15, 0.2) is 0 Å². The van der Waals surface area contributed by atoms with Crippen molar-refractivity contribution in [3.05, 3.63) is 36.0 Å². The highest BCUT2D eigenvalue weighted by Gasteiger charge is 2.38. The molecule has 1 aliphatic rings. The van der Waals surface area contributed by atoms with Crippen LogP contribution in [-0.2, 0) is 9.59 Å². The van der Waals surface area contributed by atoms with Gasteiger partial charge in [0, 0.05) is 5.41 Å². The predicted molar refractivity (Wildman–Crippen MR) is 62.4 cm³/mol. The molecule has 0 bridgehead atoms. The van der Waals surface area contributed by atoms with Crippen molar-refractivity contribution >= 4 is 12.0 Å². The summed E-state index contributed by atoms with van der Waals surface area (Å²) in [6, 6.07) is 0. The van der Waals surface area contributed by atoms with E-state index in [1.807, 2.05) is 26.8 Å². The van der Waals surface area contributed by atoms with Crippen LogP contribution in [-0.4, -0.2) is 12.0 Å². The van der Waals surface area contributed by atoms with Gasteiger partial charge in [0.1, 0.15) is 0 Å². The first-order valence-electron chi connectivity index (χ1n) is 5.08. The third-order valence-electron chi connectivity index (χ3n) is 2.92. The lowest BCUT2D eigenvalue weighted by molar-refractivity contribution is -0.122. The van der Waals surface area contributed by atoms with Crippen molar-refractivity contribution < 1.29 is 9.59 Å². The highest BCUT2D eigenvalue weighted by Crippen LogP contribution is 2.42. The Hall–Kier alpha value is -1.73. The molecule has 0 aliphatic heterocycles.